The Morgan fingerprint density at radius 3 is 2.26 bits per heavy atom. The fourth-order valence-corrected chi connectivity index (χ4v) is 1.44. The van der Waals surface area contributed by atoms with Crippen molar-refractivity contribution in [3.63, 3.8) is 0 Å². The fraction of sp³-hybridized carbons (Fsp3) is 0.231. The zero-order chi connectivity index (χ0) is 14.6. The summed E-state index contributed by atoms with van der Waals surface area (Å²) < 4.78 is 12.8. The van der Waals surface area contributed by atoms with E-state index in [1.54, 1.807) is 6.92 Å². The average molecular weight is 267 g/mol. The summed E-state index contributed by atoms with van der Waals surface area (Å²) in [6.07, 6.45) is 0.627. The molecule has 0 aliphatic rings. The summed E-state index contributed by atoms with van der Waals surface area (Å²) in [5.41, 5.74) is 0.695. The molecule has 0 heterocycles. The Morgan fingerprint density at radius 1 is 1.26 bits per heavy atom. The molecule has 0 saturated carbocycles. The highest BCUT2D eigenvalue weighted by molar-refractivity contribution is 5.96. The maximum Gasteiger partial charge on any atom is 0.371 e. The molecule has 1 atom stereocenters. The van der Waals surface area contributed by atoms with E-state index < -0.39 is 17.6 Å². The summed E-state index contributed by atoms with van der Waals surface area (Å²) >= 11 is 0. The molecule has 0 radical (unpaired) electrons. The number of amides is 1. The number of hydrogen-bond acceptors (Lipinski definition) is 3. The molecule has 0 bridgehead atoms. The standard InChI is InChI=1S/C13H14FNO4/c1-8(9-3-5-10(14)6-4-9)15(2)12(17)7-11(16)13(18)19/h3-8,16H,1-2H3,(H,18,19). The van der Waals surface area contributed by atoms with Crippen molar-refractivity contribution in [2.45, 2.75) is 13.0 Å². The van der Waals surface area contributed by atoms with Crippen molar-refractivity contribution in [1.82, 2.24) is 4.90 Å². The molecule has 0 fully saturated rings. The van der Waals surface area contributed by atoms with Gasteiger partial charge in [-0.3, -0.25) is 4.79 Å². The Bertz CT molecular complexity index is 510. The fourth-order valence-electron chi connectivity index (χ4n) is 1.44. The van der Waals surface area contributed by atoms with Crippen LogP contribution in [0.5, 0.6) is 0 Å². The zero-order valence-electron chi connectivity index (χ0n) is 10.5. The van der Waals surface area contributed by atoms with Gasteiger partial charge in [0.2, 0.25) is 5.76 Å². The Labute approximate surface area is 109 Å². The molecular formula is C13H14FNO4. The van der Waals surface area contributed by atoms with Crippen LogP contribution in [0.15, 0.2) is 36.1 Å². The topological polar surface area (TPSA) is 77.8 Å². The van der Waals surface area contributed by atoms with Crippen molar-refractivity contribution < 1.29 is 24.2 Å². The Morgan fingerprint density at radius 2 is 1.79 bits per heavy atom. The number of benzene rings is 1. The first kappa shape index (κ1) is 14.7. The van der Waals surface area contributed by atoms with Gasteiger partial charge in [0.1, 0.15) is 5.82 Å². The van der Waals surface area contributed by atoms with Crippen molar-refractivity contribution >= 4 is 11.9 Å². The smallest absolute Gasteiger partial charge is 0.371 e. The second kappa shape index (κ2) is 5.99. The number of hydrogen-bond donors (Lipinski definition) is 2. The van der Waals surface area contributed by atoms with Crippen LogP contribution in [-0.2, 0) is 9.59 Å². The van der Waals surface area contributed by atoms with Gasteiger partial charge in [-0.2, -0.15) is 0 Å². The molecule has 0 spiro atoms. The van der Waals surface area contributed by atoms with Crippen molar-refractivity contribution in [2.75, 3.05) is 7.05 Å². The predicted molar refractivity (Wildman–Crippen MR) is 65.9 cm³/mol. The van der Waals surface area contributed by atoms with Crippen molar-refractivity contribution in [1.29, 1.82) is 0 Å². The normalized spacial score (nSPS) is 12.9. The van der Waals surface area contributed by atoms with Gasteiger partial charge in [0.05, 0.1) is 12.1 Å². The minimum atomic E-state index is -1.57. The number of carbonyl (C=O) groups excluding carboxylic acids is 1. The van der Waals surface area contributed by atoms with Gasteiger partial charge in [-0.1, -0.05) is 12.1 Å². The van der Waals surface area contributed by atoms with Crippen LogP contribution in [0.1, 0.15) is 18.5 Å². The van der Waals surface area contributed by atoms with Crippen LogP contribution in [0, 0.1) is 5.82 Å². The maximum absolute atomic E-state index is 12.8. The van der Waals surface area contributed by atoms with Gasteiger partial charge in [-0.15, -0.1) is 0 Å². The number of rotatable bonds is 4. The number of carbonyl (C=O) groups is 2. The van der Waals surface area contributed by atoms with E-state index >= 15 is 0 Å². The van der Waals surface area contributed by atoms with Gasteiger partial charge < -0.3 is 15.1 Å². The third-order valence-electron chi connectivity index (χ3n) is 2.76. The van der Waals surface area contributed by atoms with Crippen molar-refractivity contribution in [2.24, 2.45) is 0 Å². The van der Waals surface area contributed by atoms with E-state index in [0.717, 1.165) is 0 Å². The quantitative estimate of drug-likeness (QED) is 0.645. The molecule has 2 N–H and O–H groups in total. The van der Waals surface area contributed by atoms with Crippen LogP contribution in [0.4, 0.5) is 4.39 Å². The molecule has 1 amide bonds. The molecule has 0 aromatic heterocycles. The second-order valence-corrected chi connectivity index (χ2v) is 4.01. The maximum atomic E-state index is 12.8. The van der Waals surface area contributed by atoms with Gasteiger partial charge in [0.25, 0.3) is 5.91 Å². The van der Waals surface area contributed by atoms with Crippen LogP contribution in [0.3, 0.4) is 0 Å². The number of likely N-dealkylation sites (N-methyl/N-ethyl adjacent to an activating group) is 1. The number of carboxylic acids is 1. The van der Waals surface area contributed by atoms with E-state index in [9.17, 15) is 14.0 Å². The summed E-state index contributed by atoms with van der Waals surface area (Å²) in [6.45, 7) is 1.71. The van der Waals surface area contributed by atoms with Crippen LogP contribution >= 0.6 is 0 Å². The third-order valence-corrected chi connectivity index (χ3v) is 2.76. The summed E-state index contributed by atoms with van der Waals surface area (Å²) in [5, 5.41) is 17.5. The lowest BCUT2D eigenvalue weighted by atomic mass is 10.1. The SMILES string of the molecule is CC(c1ccc(F)cc1)N(C)C(=O)C=C(O)C(=O)O. The van der Waals surface area contributed by atoms with E-state index in [0.29, 0.717) is 11.6 Å². The Hall–Kier alpha value is -2.37. The molecular weight excluding hydrogens is 253 g/mol. The predicted octanol–water partition coefficient (Wildman–Crippen LogP) is 1.87. The molecule has 1 unspecified atom stereocenters. The Balaban J connectivity index is 2.85. The molecule has 102 valence electrons. The molecule has 1 aromatic rings. The van der Waals surface area contributed by atoms with Crippen LogP contribution in [0.2, 0.25) is 0 Å². The van der Waals surface area contributed by atoms with Gasteiger partial charge in [-0.25, -0.2) is 9.18 Å². The van der Waals surface area contributed by atoms with Crippen molar-refractivity contribution in [3.05, 3.63) is 47.5 Å². The molecule has 19 heavy (non-hydrogen) atoms. The second-order valence-electron chi connectivity index (χ2n) is 4.01. The van der Waals surface area contributed by atoms with E-state index in [1.165, 1.54) is 36.2 Å². The molecule has 0 aliphatic heterocycles. The van der Waals surface area contributed by atoms with Crippen LogP contribution in [-0.4, -0.2) is 34.0 Å². The van der Waals surface area contributed by atoms with Crippen LogP contribution in [0.25, 0.3) is 0 Å². The zero-order valence-corrected chi connectivity index (χ0v) is 10.5. The first-order valence-electron chi connectivity index (χ1n) is 5.49. The number of aliphatic hydroxyl groups excluding tert-OH is 1. The lowest BCUT2D eigenvalue weighted by Gasteiger charge is -2.24. The van der Waals surface area contributed by atoms with Gasteiger partial charge in [0, 0.05) is 7.05 Å². The minimum Gasteiger partial charge on any atom is -0.502 e. The first-order chi connectivity index (χ1) is 8.82. The number of carboxylic acid groups (broad SMARTS) is 1. The van der Waals surface area contributed by atoms with Crippen molar-refractivity contribution in [3.8, 4) is 0 Å². The highest BCUT2D eigenvalue weighted by atomic mass is 19.1. The summed E-state index contributed by atoms with van der Waals surface area (Å²) in [4.78, 5) is 23.3. The monoisotopic (exact) mass is 267 g/mol. The Kier molecular flexibility index (Phi) is 4.63. The highest BCUT2D eigenvalue weighted by Crippen LogP contribution is 2.19. The van der Waals surface area contributed by atoms with E-state index in [2.05, 4.69) is 0 Å². The lowest BCUT2D eigenvalue weighted by molar-refractivity contribution is -0.136. The first-order valence-corrected chi connectivity index (χ1v) is 5.49. The molecule has 1 rings (SSSR count). The average Bonchev–Trinajstić information content (AvgIpc) is 2.37. The van der Waals surface area contributed by atoms with E-state index in [-0.39, 0.29) is 11.9 Å². The minimum absolute atomic E-state index is 0.381. The highest BCUT2D eigenvalue weighted by Gasteiger charge is 2.17. The van der Waals surface area contributed by atoms with Gasteiger partial charge >= 0.3 is 5.97 Å². The van der Waals surface area contributed by atoms with E-state index in [4.69, 9.17) is 10.2 Å². The van der Waals surface area contributed by atoms with Gasteiger partial charge in [-0.05, 0) is 24.6 Å². The summed E-state index contributed by atoms with van der Waals surface area (Å²) in [7, 11) is 1.46. The van der Waals surface area contributed by atoms with Gasteiger partial charge in [0.15, 0.2) is 0 Å². The number of nitrogens with zero attached hydrogens (tertiary/aromatic N) is 1. The third kappa shape index (κ3) is 3.80. The largest absolute Gasteiger partial charge is 0.502 e. The molecule has 0 aliphatic carbocycles. The number of aliphatic hydroxyl groups is 1. The van der Waals surface area contributed by atoms with Crippen LogP contribution < -0.4 is 0 Å². The molecule has 0 saturated heterocycles. The van der Waals surface area contributed by atoms with E-state index in [1.807, 2.05) is 0 Å². The number of halogens is 1. The molecule has 6 heteroatoms. The summed E-state index contributed by atoms with van der Waals surface area (Å²) in [5.74, 6) is -3.63. The summed E-state index contributed by atoms with van der Waals surface area (Å²) in [6, 6.07) is 5.23. The molecule has 1 aromatic carbocycles. The number of aliphatic carboxylic acids is 1. The molecule has 5 nitrogen and oxygen atoms in total. The lowest BCUT2D eigenvalue weighted by Crippen LogP contribution is -2.28.